The van der Waals surface area contributed by atoms with E-state index in [4.69, 9.17) is 0 Å². The Morgan fingerprint density at radius 3 is 1.54 bits per heavy atom. The maximum atomic E-state index is 3.37. The van der Waals surface area contributed by atoms with E-state index < -0.39 is 0 Å². The molecule has 0 N–H and O–H groups in total. The predicted molar refractivity (Wildman–Crippen MR) is 243 cm³/mol. The van der Waals surface area contributed by atoms with E-state index in [9.17, 15) is 0 Å². The van der Waals surface area contributed by atoms with Gasteiger partial charge in [-0.05, 0) is 44.2 Å². The molecule has 0 spiro atoms. The summed E-state index contributed by atoms with van der Waals surface area (Å²) in [5, 5.41) is 5.36. The summed E-state index contributed by atoms with van der Waals surface area (Å²) < 4.78 is 1.46. The Morgan fingerprint density at radius 2 is 1.14 bits per heavy atom. The van der Waals surface area contributed by atoms with Crippen molar-refractivity contribution in [2.24, 2.45) is 11.3 Å². The van der Waals surface area contributed by atoms with Crippen molar-refractivity contribution in [3.05, 3.63) is 161 Å². The molecular weight excluding hydrogens is 752 g/mol. The van der Waals surface area contributed by atoms with Gasteiger partial charge in [-0.3, -0.25) is 6.08 Å². The first-order chi connectivity index (χ1) is 26.5. The molecule has 0 nitrogen and oxygen atoms in total. The van der Waals surface area contributed by atoms with Crippen LogP contribution in [0.1, 0.15) is 117 Å². The standard InChI is InChI=1S/C33H33.C13H19.C9H10.Zr/c1-32(2,3)30-20-26-24(18-28(30)22-13-9-7-10-14-22)17-25-19-29(23-15-11-8-12-16-23)31(21-27(25)26)33(4,5)6;1-11-6-7-12(10-11)13(2)8-4-3-5-9-13;1-3-9-6-4-8(2)5-7-9;/h7-21H,1-6H3;7,10-11H,3-5,8-9H2,1-2H3;4-7H,1-2H3;/q2*-1;;+2. The average molecular weight is 814 g/mol. The van der Waals surface area contributed by atoms with E-state index in [-0.39, 0.29) is 10.8 Å². The number of rotatable bonds is 4. The van der Waals surface area contributed by atoms with E-state index in [2.05, 4.69) is 203 Å². The Kier molecular flexibility index (Phi) is 13.0. The molecule has 0 amide bonds. The van der Waals surface area contributed by atoms with Crippen LogP contribution in [0.2, 0.25) is 0 Å². The topological polar surface area (TPSA) is 0 Å². The van der Waals surface area contributed by atoms with Gasteiger partial charge in [-0.15, -0.1) is 39.7 Å². The van der Waals surface area contributed by atoms with Crippen molar-refractivity contribution in [3.63, 3.8) is 0 Å². The van der Waals surface area contributed by atoms with Crippen molar-refractivity contribution < 1.29 is 24.2 Å². The average Bonchev–Trinajstić information content (AvgIpc) is 3.78. The summed E-state index contributed by atoms with van der Waals surface area (Å²) in [7, 11) is 0. The van der Waals surface area contributed by atoms with Crippen LogP contribution < -0.4 is 0 Å². The van der Waals surface area contributed by atoms with Gasteiger partial charge in [-0.1, -0.05) is 172 Å². The van der Waals surface area contributed by atoms with Crippen LogP contribution in [-0.2, 0) is 35.1 Å². The molecule has 2 aliphatic rings. The second-order valence-corrected chi connectivity index (χ2v) is 20.5. The Labute approximate surface area is 353 Å². The summed E-state index contributed by atoms with van der Waals surface area (Å²) >= 11 is 1.51. The Balaban J connectivity index is 0.000000188. The first-order valence-electron chi connectivity index (χ1n) is 20.8. The molecule has 1 saturated carbocycles. The van der Waals surface area contributed by atoms with E-state index in [1.165, 1.54) is 126 Å². The van der Waals surface area contributed by atoms with Gasteiger partial charge in [-0.2, -0.15) is 11.6 Å². The minimum atomic E-state index is 0.0554. The fourth-order valence-corrected chi connectivity index (χ4v) is 8.86. The monoisotopic (exact) mass is 812 g/mol. The molecule has 1 fully saturated rings. The Bertz CT molecular complexity index is 2210. The van der Waals surface area contributed by atoms with Crippen LogP contribution in [0, 0.1) is 24.3 Å². The molecule has 6 aromatic carbocycles. The van der Waals surface area contributed by atoms with Crippen molar-refractivity contribution in [2.45, 2.75) is 112 Å². The van der Waals surface area contributed by atoms with Gasteiger partial charge >= 0.3 is 76.7 Å². The fourth-order valence-electron chi connectivity index (χ4n) is 8.45. The normalized spacial score (nSPS) is 16.5. The summed E-state index contributed by atoms with van der Waals surface area (Å²) in [5.74, 6) is 0.550. The quantitative estimate of drug-likeness (QED) is 0.156. The van der Waals surface area contributed by atoms with Crippen LogP contribution in [0.15, 0.2) is 133 Å². The van der Waals surface area contributed by atoms with Gasteiger partial charge in [0.1, 0.15) is 0 Å². The summed E-state index contributed by atoms with van der Waals surface area (Å²) in [4.78, 5) is 0. The molecule has 1 atom stereocenters. The van der Waals surface area contributed by atoms with Gasteiger partial charge in [0.05, 0.1) is 0 Å². The number of fused-ring (bicyclic) bond motifs is 3. The van der Waals surface area contributed by atoms with Crippen molar-refractivity contribution in [2.75, 3.05) is 0 Å². The number of hydrogen-bond acceptors (Lipinski definition) is 0. The predicted octanol–water partition coefficient (Wildman–Crippen LogP) is 15.6. The van der Waals surface area contributed by atoms with E-state index in [1.807, 2.05) is 0 Å². The number of allylic oxidation sites excluding steroid dienone is 4. The fraction of sp³-hybridized carbons (Fsp3) is 0.345. The molecule has 0 radical (unpaired) electrons. The molecular formula is C55H62Zr. The summed E-state index contributed by atoms with van der Waals surface area (Å²) in [5.41, 5.74) is 12.9. The molecule has 2 aliphatic carbocycles. The molecule has 8 rings (SSSR count). The van der Waals surface area contributed by atoms with Gasteiger partial charge in [0.2, 0.25) is 0 Å². The second kappa shape index (κ2) is 17.4. The third-order valence-electron chi connectivity index (χ3n) is 11.8. The Morgan fingerprint density at radius 1 is 0.679 bits per heavy atom. The molecule has 1 heteroatoms. The molecule has 286 valence electrons. The molecule has 0 bridgehead atoms. The molecule has 56 heavy (non-hydrogen) atoms. The van der Waals surface area contributed by atoms with Gasteiger partial charge in [-0.25, -0.2) is 6.08 Å². The first kappa shape index (κ1) is 41.8. The van der Waals surface area contributed by atoms with Crippen molar-refractivity contribution in [1.82, 2.24) is 0 Å². The van der Waals surface area contributed by atoms with Gasteiger partial charge < -0.3 is 0 Å². The van der Waals surface area contributed by atoms with Gasteiger partial charge in [0, 0.05) is 0 Å². The Hall–Kier alpha value is -3.80. The van der Waals surface area contributed by atoms with Crippen LogP contribution >= 0.6 is 0 Å². The van der Waals surface area contributed by atoms with Crippen molar-refractivity contribution >= 4 is 24.8 Å². The second-order valence-electron chi connectivity index (χ2n) is 18.7. The zero-order valence-corrected chi connectivity index (χ0v) is 38.2. The SMILES string of the molecule is CC(C)(C)c1cc2c(cc1-c1ccccc1)[cH-]c1cc(-c3ccccc3)c(C(C)(C)C)cc12.CC1[C-]=CC(C2(C)CCCCC2)=C1.C[C](=[Zr+2])c1ccc(C)cc1. The maximum absolute atomic E-state index is 3.37. The first-order valence-corrected chi connectivity index (χ1v) is 22.0. The molecule has 0 saturated heterocycles. The third kappa shape index (κ3) is 9.83. The molecule has 0 aromatic heterocycles. The van der Waals surface area contributed by atoms with E-state index in [0.29, 0.717) is 11.3 Å². The third-order valence-corrected chi connectivity index (χ3v) is 12.5. The number of aryl methyl sites for hydroxylation is 1. The number of benzene rings is 5. The minimum absolute atomic E-state index is 0.0554. The van der Waals surface area contributed by atoms with Crippen LogP contribution in [0.25, 0.3) is 43.8 Å². The zero-order chi connectivity index (χ0) is 40.3. The van der Waals surface area contributed by atoms with Gasteiger partial charge in [0.15, 0.2) is 0 Å². The van der Waals surface area contributed by atoms with E-state index >= 15 is 0 Å². The molecule has 0 heterocycles. The van der Waals surface area contributed by atoms with Crippen LogP contribution in [0.4, 0.5) is 0 Å². The zero-order valence-electron chi connectivity index (χ0n) is 35.7. The molecule has 6 aromatic rings. The summed E-state index contributed by atoms with van der Waals surface area (Å²) in [6, 6.07) is 42.4. The molecule has 0 aliphatic heterocycles. The summed E-state index contributed by atoms with van der Waals surface area (Å²) in [6.45, 7) is 22.8. The number of hydrogen-bond donors (Lipinski definition) is 0. The van der Waals surface area contributed by atoms with E-state index in [0.717, 1.165) is 0 Å². The molecule has 1 unspecified atom stereocenters. The van der Waals surface area contributed by atoms with Crippen molar-refractivity contribution in [3.8, 4) is 22.3 Å². The van der Waals surface area contributed by atoms with E-state index in [1.54, 1.807) is 5.57 Å². The van der Waals surface area contributed by atoms with Gasteiger partial charge in [0.25, 0.3) is 0 Å². The van der Waals surface area contributed by atoms with Crippen LogP contribution in [0.5, 0.6) is 0 Å². The van der Waals surface area contributed by atoms with Crippen LogP contribution in [0.3, 0.4) is 0 Å². The van der Waals surface area contributed by atoms with Crippen molar-refractivity contribution in [1.29, 1.82) is 0 Å². The van der Waals surface area contributed by atoms with Crippen LogP contribution in [-0.4, -0.2) is 3.21 Å². The summed E-state index contributed by atoms with van der Waals surface area (Å²) in [6.07, 6.45) is 15.0.